The van der Waals surface area contributed by atoms with E-state index >= 15 is 0 Å². The molecule has 0 aliphatic heterocycles. The first-order chi connectivity index (χ1) is 5.63. The second-order valence-electron chi connectivity index (χ2n) is 2.15. The monoisotopic (exact) mass is 171 g/mol. The van der Waals surface area contributed by atoms with E-state index in [2.05, 4.69) is 0 Å². The van der Waals surface area contributed by atoms with Crippen LogP contribution in [0.25, 0.3) is 0 Å². The van der Waals surface area contributed by atoms with Crippen molar-refractivity contribution in [2.75, 3.05) is 0 Å². The highest BCUT2D eigenvalue weighted by Crippen LogP contribution is 2.24. The van der Waals surface area contributed by atoms with E-state index in [4.69, 9.17) is 5.11 Å². The van der Waals surface area contributed by atoms with Crippen LogP contribution in [-0.4, -0.2) is 10.0 Å². The van der Waals surface area contributed by atoms with Crippen LogP contribution in [0.15, 0.2) is 24.3 Å². The number of nitrogens with zero attached hydrogens (tertiary/aromatic N) is 1. The molecule has 5 heteroatoms. The lowest BCUT2D eigenvalue weighted by molar-refractivity contribution is -0.386. The van der Waals surface area contributed by atoms with Gasteiger partial charge in [-0.1, -0.05) is 12.1 Å². The van der Waals surface area contributed by atoms with Gasteiger partial charge >= 0.3 is 0 Å². The number of benzene rings is 1. The Hall–Kier alpha value is -1.49. The second kappa shape index (κ2) is 3.27. The zero-order chi connectivity index (χ0) is 9.14. The number of aliphatic hydroxyl groups is 1. The summed E-state index contributed by atoms with van der Waals surface area (Å²) in [5.74, 6) is 0. The number of nitro benzene ring substituents is 1. The van der Waals surface area contributed by atoms with Crippen molar-refractivity contribution >= 4 is 5.69 Å². The fraction of sp³-hybridized carbons (Fsp3) is 0.143. The first-order valence-corrected chi connectivity index (χ1v) is 3.18. The number of rotatable bonds is 2. The second-order valence-corrected chi connectivity index (χ2v) is 2.15. The standard InChI is InChI=1S/C7H6FNO3/c8-7(10)5-3-1-2-4-6(5)9(11)12/h1-4,7,10H. The molecule has 64 valence electrons. The van der Waals surface area contributed by atoms with Crippen LogP contribution in [-0.2, 0) is 0 Å². The minimum Gasteiger partial charge on any atom is -0.360 e. The van der Waals surface area contributed by atoms with Crippen molar-refractivity contribution < 1.29 is 14.4 Å². The Morgan fingerprint density at radius 1 is 1.50 bits per heavy atom. The van der Waals surface area contributed by atoms with Crippen molar-refractivity contribution in [3.63, 3.8) is 0 Å². The Bertz CT molecular complexity index is 300. The molecule has 4 nitrogen and oxygen atoms in total. The van der Waals surface area contributed by atoms with E-state index in [9.17, 15) is 14.5 Å². The number of hydrogen-bond donors (Lipinski definition) is 1. The van der Waals surface area contributed by atoms with Crippen LogP contribution < -0.4 is 0 Å². The minimum atomic E-state index is -2.30. The van der Waals surface area contributed by atoms with Gasteiger partial charge in [-0.25, -0.2) is 4.39 Å². The number of halogens is 1. The van der Waals surface area contributed by atoms with E-state index < -0.39 is 17.0 Å². The Labute approximate surface area is 67.4 Å². The van der Waals surface area contributed by atoms with Crippen molar-refractivity contribution in [3.8, 4) is 0 Å². The van der Waals surface area contributed by atoms with E-state index in [0.717, 1.165) is 6.07 Å². The van der Waals surface area contributed by atoms with Gasteiger partial charge in [0.25, 0.3) is 5.69 Å². The molecule has 1 unspecified atom stereocenters. The Kier molecular flexibility index (Phi) is 2.35. The predicted octanol–water partition coefficient (Wildman–Crippen LogP) is 1.56. The molecular weight excluding hydrogens is 165 g/mol. The van der Waals surface area contributed by atoms with E-state index in [1.807, 2.05) is 0 Å². The van der Waals surface area contributed by atoms with Crippen molar-refractivity contribution in [2.24, 2.45) is 0 Å². The van der Waals surface area contributed by atoms with Gasteiger partial charge in [0.2, 0.25) is 6.36 Å². The molecule has 1 atom stereocenters. The van der Waals surface area contributed by atoms with Crippen molar-refractivity contribution in [3.05, 3.63) is 39.9 Å². The number of alkyl halides is 1. The van der Waals surface area contributed by atoms with Gasteiger partial charge in [0.05, 0.1) is 10.5 Å². The maximum Gasteiger partial charge on any atom is 0.277 e. The zero-order valence-electron chi connectivity index (χ0n) is 5.98. The van der Waals surface area contributed by atoms with Crippen molar-refractivity contribution in [1.29, 1.82) is 0 Å². The maximum atomic E-state index is 12.3. The molecule has 0 aliphatic rings. The van der Waals surface area contributed by atoms with Gasteiger partial charge in [-0.3, -0.25) is 10.1 Å². The predicted molar refractivity (Wildman–Crippen MR) is 39.2 cm³/mol. The topological polar surface area (TPSA) is 63.4 Å². The van der Waals surface area contributed by atoms with Gasteiger partial charge in [-0.2, -0.15) is 0 Å². The minimum absolute atomic E-state index is 0.317. The van der Waals surface area contributed by atoms with E-state index in [0.29, 0.717) is 0 Å². The van der Waals surface area contributed by atoms with Crippen LogP contribution >= 0.6 is 0 Å². The van der Waals surface area contributed by atoms with E-state index in [1.54, 1.807) is 0 Å². The first-order valence-electron chi connectivity index (χ1n) is 3.18. The summed E-state index contributed by atoms with van der Waals surface area (Å²) in [5, 5.41) is 18.7. The van der Waals surface area contributed by atoms with Gasteiger partial charge in [0.1, 0.15) is 0 Å². The van der Waals surface area contributed by atoms with Crippen LogP contribution in [0.5, 0.6) is 0 Å². The molecule has 1 aromatic carbocycles. The fourth-order valence-corrected chi connectivity index (χ4v) is 0.855. The molecule has 0 aliphatic carbocycles. The van der Waals surface area contributed by atoms with Crippen LogP contribution in [0.2, 0.25) is 0 Å². The summed E-state index contributed by atoms with van der Waals surface area (Å²) in [6.45, 7) is 0. The Morgan fingerprint density at radius 3 is 2.50 bits per heavy atom. The maximum absolute atomic E-state index is 12.3. The van der Waals surface area contributed by atoms with Crippen molar-refractivity contribution in [2.45, 2.75) is 6.36 Å². The lowest BCUT2D eigenvalue weighted by atomic mass is 10.2. The molecule has 1 aromatic rings. The largest absolute Gasteiger partial charge is 0.360 e. The van der Waals surface area contributed by atoms with Crippen LogP contribution in [0.1, 0.15) is 11.9 Å². The number of aliphatic hydroxyl groups excluding tert-OH is 1. The lowest BCUT2D eigenvalue weighted by Gasteiger charge is -2.00. The highest BCUT2D eigenvalue weighted by atomic mass is 19.1. The third-order valence-electron chi connectivity index (χ3n) is 1.39. The molecule has 0 radical (unpaired) electrons. The highest BCUT2D eigenvalue weighted by Gasteiger charge is 2.18. The third-order valence-corrected chi connectivity index (χ3v) is 1.39. The van der Waals surface area contributed by atoms with Gasteiger partial charge in [0.15, 0.2) is 0 Å². The summed E-state index contributed by atoms with van der Waals surface area (Å²) in [4.78, 5) is 9.52. The summed E-state index contributed by atoms with van der Waals surface area (Å²) in [7, 11) is 0. The lowest BCUT2D eigenvalue weighted by Crippen LogP contribution is -1.97. The third kappa shape index (κ3) is 1.57. The SMILES string of the molecule is O=[N+]([O-])c1ccccc1C(O)F. The smallest absolute Gasteiger partial charge is 0.277 e. The molecule has 0 saturated carbocycles. The molecule has 1 rings (SSSR count). The first kappa shape index (κ1) is 8.61. The molecular formula is C7H6FNO3. The van der Waals surface area contributed by atoms with Gasteiger partial charge < -0.3 is 5.11 Å². The number of nitro groups is 1. The zero-order valence-corrected chi connectivity index (χ0v) is 5.98. The van der Waals surface area contributed by atoms with Crippen LogP contribution in [0, 0.1) is 10.1 Å². The van der Waals surface area contributed by atoms with Gasteiger partial charge in [0, 0.05) is 6.07 Å². The summed E-state index contributed by atoms with van der Waals surface area (Å²) in [5.41, 5.74) is -0.727. The molecule has 0 fully saturated rings. The molecule has 0 bridgehead atoms. The number of hydrogen-bond acceptors (Lipinski definition) is 3. The molecule has 12 heavy (non-hydrogen) atoms. The highest BCUT2D eigenvalue weighted by molar-refractivity contribution is 5.40. The van der Waals surface area contributed by atoms with Crippen LogP contribution in [0.3, 0.4) is 0 Å². The average molecular weight is 171 g/mol. The van der Waals surface area contributed by atoms with Crippen LogP contribution in [0.4, 0.5) is 10.1 Å². The molecule has 0 aromatic heterocycles. The normalized spacial score (nSPS) is 12.5. The molecule has 0 amide bonds. The molecule has 0 saturated heterocycles. The summed E-state index contributed by atoms with van der Waals surface area (Å²) in [6.07, 6.45) is -2.30. The fourth-order valence-electron chi connectivity index (χ4n) is 0.855. The molecule has 0 heterocycles. The molecule has 0 spiro atoms. The molecule has 1 N–H and O–H groups in total. The van der Waals surface area contributed by atoms with Gasteiger partial charge in [-0.05, 0) is 6.07 Å². The van der Waals surface area contributed by atoms with Crippen molar-refractivity contribution in [1.82, 2.24) is 0 Å². The van der Waals surface area contributed by atoms with E-state index in [-0.39, 0.29) is 5.56 Å². The summed E-state index contributed by atoms with van der Waals surface area (Å²) >= 11 is 0. The number of para-hydroxylation sites is 1. The summed E-state index contributed by atoms with van der Waals surface area (Å²) in [6, 6.07) is 5.14. The average Bonchev–Trinajstić information content (AvgIpc) is 2.04. The Balaban J connectivity index is 3.17. The van der Waals surface area contributed by atoms with E-state index in [1.165, 1.54) is 18.2 Å². The summed E-state index contributed by atoms with van der Waals surface area (Å²) < 4.78 is 12.3. The van der Waals surface area contributed by atoms with Gasteiger partial charge in [-0.15, -0.1) is 0 Å². The Morgan fingerprint density at radius 2 is 2.08 bits per heavy atom. The quantitative estimate of drug-likeness (QED) is 0.542.